The Balaban J connectivity index is 2.25. The first kappa shape index (κ1) is 17.5. The normalized spacial score (nSPS) is 12.8. The molecule has 118 valence electrons. The quantitative estimate of drug-likeness (QED) is 0.620. The van der Waals surface area contributed by atoms with Gasteiger partial charge in [0, 0.05) is 6.54 Å². The van der Waals surface area contributed by atoms with Crippen molar-refractivity contribution in [1.82, 2.24) is 5.32 Å². The molecule has 0 amide bonds. The molecule has 0 bridgehead atoms. The zero-order valence-corrected chi connectivity index (χ0v) is 13.7. The molecule has 1 N–H and O–H groups in total. The lowest BCUT2D eigenvalue weighted by Crippen LogP contribution is -2.33. The van der Waals surface area contributed by atoms with Crippen molar-refractivity contribution >= 4 is 5.97 Å². The van der Waals surface area contributed by atoms with Crippen molar-refractivity contribution < 1.29 is 14.3 Å². The highest BCUT2D eigenvalue weighted by atomic mass is 16.6. The smallest absolute Gasteiger partial charge is 0.310 e. The van der Waals surface area contributed by atoms with Crippen LogP contribution in [0.1, 0.15) is 33.3 Å². The highest BCUT2D eigenvalue weighted by Gasteiger charge is 2.21. The zero-order valence-electron chi connectivity index (χ0n) is 13.7. The van der Waals surface area contributed by atoms with Gasteiger partial charge in [-0.1, -0.05) is 19.1 Å². The van der Waals surface area contributed by atoms with Gasteiger partial charge in [-0.05, 0) is 51.4 Å². The second kappa shape index (κ2) is 8.03. The molecular formula is C17H27NO3. The summed E-state index contributed by atoms with van der Waals surface area (Å²) in [5, 5.41) is 3.30. The summed E-state index contributed by atoms with van der Waals surface area (Å²) in [6, 6.07) is 8.02. The van der Waals surface area contributed by atoms with Crippen molar-refractivity contribution in [2.24, 2.45) is 5.92 Å². The molecule has 4 heteroatoms. The SMILES string of the molecule is COc1ccc(CCNCC(C)C(=O)OC(C)(C)C)cc1. The summed E-state index contributed by atoms with van der Waals surface area (Å²) in [7, 11) is 1.66. The number of hydrogen-bond acceptors (Lipinski definition) is 4. The monoisotopic (exact) mass is 293 g/mol. The Hall–Kier alpha value is -1.55. The van der Waals surface area contributed by atoms with Crippen molar-refractivity contribution in [2.75, 3.05) is 20.2 Å². The van der Waals surface area contributed by atoms with Gasteiger partial charge in [0.25, 0.3) is 0 Å². The molecule has 0 aliphatic heterocycles. The molecule has 0 aromatic heterocycles. The van der Waals surface area contributed by atoms with E-state index < -0.39 is 5.60 Å². The topological polar surface area (TPSA) is 47.6 Å². The zero-order chi connectivity index (χ0) is 15.9. The fourth-order valence-electron chi connectivity index (χ4n) is 1.83. The number of esters is 1. The molecular weight excluding hydrogens is 266 g/mol. The average molecular weight is 293 g/mol. The van der Waals surface area contributed by atoms with Crippen LogP contribution in [-0.2, 0) is 16.0 Å². The molecule has 0 aliphatic carbocycles. The summed E-state index contributed by atoms with van der Waals surface area (Å²) in [4.78, 5) is 11.8. The summed E-state index contributed by atoms with van der Waals surface area (Å²) < 4.78 is 10.5. The van der Waals surface area contributed by atoms with E-state index in [9.17, 15) is 4.79 Å². The van der Waals surface area contributed by atoms with Gasteiger partial charge in [-0.3, -0.25) is 4.79 Å². The van der Waals surface area contributed by atoms with Crippen LogP contribution in [0.25, 0.3) is 0 Å². The van der Waals surface area contributed by atoms with Gasteiger partial charge in [0.2, 0.25) is 0 Å². The highest BCUT2D eigenvalue weighted by Crippen LogP contribution is 2.12. The Morgan fingerprint density at radius 1 is 1.24 bits per heavy atom. The van der Waals surface area contributed by atoms with Gasteiger partial charge in [0.05, 0.1) is 13.0 Å². The van der Waals surface area contributed by atoms with Crippen LogP contribution in [-0.4, -0.2) is 31.8 Å². The predicted molar refractivity (Wildman–Crippen MR) is 84.6 cm³/mol. The lowest BCUT2D eigenvalue weighted by atomic mass is 10.1. The van der Waals surface area contributed by atoms with E-state index in [2.05, 4.69) is 17.4 Å². The molecule has 0 fully saturated rings. The van der Waals surface area contributed by atoms with E-state index in [-0.39, 0.29) is 11.9 Å². The molecule has 0 saturated carbocycles. The minimum atomic E-state index is -0.422. The fraction of sp³-hybridized carbons (Fsp3) is 0.588. The Morgan fingerprint density at radius 3 is 2.38 bits per heavy atom. The van der Waals surface area contributed by atoms with Gasteiger partial charge in [-0.2, -0.15) is 0 Å². The second-order valence-electron chi connectivity index (χ2n) is 6.24. The number of hydrogen-bond donors (Lipinski definition) is 1. The van der Waals surface area contributed by atoms with Crippen LogP contribution in [0.2, 0.25) is 0 Å². The third-order valence-corrected chi connectivity index (χ3v) is 3.01. The molecule has 4 nitrogen and oxygen atoms in total. The maximum Gasteiger partial charge on any atom is 0.310 e. The third kappa shape index (κ3) is 7.14. The predicted octanol–water partition coefficient (Wildman–Crippen LogP) is 2.81. The summed E-state index contributed by atoms with van der Waals surface area (Å²) >= 11 is 0. The summed E-state index contributed by atoms with van der Waals surface area (Å²) in [5.74, 6) is 0.574. The Labute approximate surface area is 127 Å². The van der Waals surface area contributed by atoms with E-state index in [1.807, 2.05) is 39.8 Å². The number of nitrogens with one attached hydrogen (secondary N) is 1. The first-order valence-electron chi connectivity index (χ1n) is 7.38. The van der Waals surface area contributed by atoms with E-state index in [4.69, 9.17) is 9.47 Å². The van der Waals surface area contributed by atoms with Gasteiger partial charge in [-0.15, -0.1) is 0 Å². The van der Waals surface area contributed by atoms with Crippen LogP contribution in [0.15, 0.2) is 24.3 Å². The summed E-state index contributed by atoms with van der Waals surface area (Å²) in [6.45, 7) is 9.00. The molecule has 0 aliphatic rings. The Morgan fingerprint density at radius 2 is 1.86 bits per heavy atom. The van der Waals surface area contributed by atoms with Crippen LogP contribution < -0.4 is 10.1 Å². The van der Waals surface area contributed by atoms with Crippen LogP contribution in [0.4, 0.5) is 0 Å². The van der Waals surface area contributed by atoms with E-state index in [1.165, 1.54) is 5.56 Å². The van der Waals surface area contributed by atoms with Crippen molar-refractivity contribution in [1.29, 1.82) is 0 Å². The average Bonchev–Trinajstić information content (AvgIpc) is 2.42. The summed E-state index contributed by atoms with van der Waals surface area (Å²) in [6.07, 6.45) is 0.922. The molecule has 0 spiro atoms. The maximum absolute atomic E-state index is 11.8. The fourth-order valence-corrected chi connectivity index (χ4v) is 1.83. The number of methoxy groups -OCH3 is 1. The van der Waals surface area contributed by atoms with Crippen LogP contribution in [0.5, 0.6) is 5.75 Å². The van der Waals surface area contributed by atoms with E-state index >= 15 is 0 Å². The van der Waals surface area contributed by atoms with Crippen LogP contribution >= 0.6 is 0 Å². The first-order valence-corrected chi connectivity index (χ1v) is 7.38. The van der Waals surface area contributed by atoms with Crippen LogP contribution in [0.3, 0.4) is 0 Å². The van der Waals surface area contributed by atoms with E-state index in [0.29, 0.717) is 6.54 Å². The van der Waals surface area contributed by atoms with Gasteiger partial charge < -0.3 is 14.8 Å². The molecule has 0 radical (unpaired) electrons. The van der Waals surface area contributed by atoms with E-state index in [0.717, 1.165) is 18.7 Å². The third-order valence-electron chi connectivity index (χ3n) is 3.01. The molecule has 0 heterocycles. The molecule has 1 unspecified atom stereocenters. The van der Waals surface area contributed by atoms with Crippen LogP contribution in [0, 0.1) is 5.92 Å². The van der Waals surface area contributed by atoms with Crippen molar-refractivity contribution in [3.63, 3.8) is 0 Å². The van der Waals surface area contributed by atoms with Gasteiger partial charge in [0.1, 0.15) is 11.4 Å². The number of benzene rings is 1. The van der Waals surface area contributed by atoms with E-state index in [1.54, 1.807) is 7.11 Å². The standard InChI is InChI=1S/C17H27NO3/c1-13(16(19)21-17(2,3)4)12-18-11-10-14-6-8-15(20-5)9-7-14/h6-9,13,18H,10-12H2,1-5H3. The molecule has 0 saturated heterocycles. The van der Waals surface area contributed by atoms with Crippen molar-refractivity contribution in [2.45, 2.75) is 39.7 Å². The number of rotatable bonds is 7. The van der Waals surface area contributed by atoms with Crippen molar-refractivity contribution in [3.05, 3.63) is 29.8 Å². The van der Waals surface area contributed by atoms with Gasteiger partial charge in [0.15, 0.2) is 0 Å². The summed E-state index contributed by atoms with van der Waals surface area (Å²) in [5.41, 5.74) is 0.822. The first-order chi connectivity index (χ1) is 9.81. The lowest BCUT2D eigenvalue weighted by molar-refractivity contribution is -0.159. The largest absolute Gasteiger partial charge is 0.497 e. The second-order valence-corrected chi connectivity index (χ2v) is 6.24. The maximum atomic E-state index is 11.8. The van der Waals surface area contributed by atoms with Gasteiger partial charge in [-0.25, -0.2) is 0 Å². The lowest BCUT2D eigenvalue weighted by Gasteiger charge is -2.22. The Bertz CT molecular complexity index is 434. The minimum absolute atomic E-state index is 0.139. The molecule has 1 rings (SSSR count). The number of carbonyl (C=O) groups excluding carboxylic acids is 1. The number of carbonyl (C=O) groups is 1. The molecule has 1 aromatic rings. The van der Waals surface area contributed by atoms with Crippen molar-refractivity contribution in [3.8, 4) is 5.75 Å². The number of ether oxygens (including phenoxy) is 2. The molecule has 21 heavy (non-hydrogen) atoms. The van der Waals surface area contributed by atoms with Gasteiger partial charge >= 0.3 is 5.97 Å². The molecule has 1 atom stereocenters. The Kier molecular flexibility index (Phi) is 6.69. The minimum Gasteiger partial charge on any atom is -0.497 e. The highest BCUT2D eigenvalue weighted by molar-refractivity contribution is 5.72. The molecule has 1 aromatic carbocycles.